The number of nitrogens with one attached hydrogen (secondary N) is 1. The maximum Gasteiger partial charge on any atom is 0.240 e. The van der Waals surface area contributed by atoms with Crippen LogP contribution in [0.3, 0.4) is 0 Å². The number of benzene rings is 1. The summed E-state index contributed by atoms with van der Waals surface area (Å²) in [7, 11) is -3.79. The van der Waals surface area contributed by atoms with Crippen molar-refractivity contribution >= 4 is 21.4 Å². The van der Waals surface area contributed by atoms with E-state index in [1.807, 2.05) is 0 Å². The maximum atomic E-state index is 11.4. The zero-order valence-electron chi connectivity index (χ0n) is 12.4. The highest BCUT2D eigenvalue weighted by atomic mass is 32.2. The van der Waals surface area contributed by atoms with E-state index in [-0.39, 0.29) is 21.4 Å². The Hall–Kier alpha value is -1.27. The molecule has 0 aliphatic heterocycles. The minimum atomic E-state index is -3.79. The van der Waals surface area contributed by atoms with Crippen LogP contribution < -0.4 is 16.2 Å². The lowest BCUT2D eigenvalue weighted by molar-refractivity contribution is 0.457. The number of nitrogen functional groups attached to an aromatic ring is 1. The van der Waals surface area contributed by atoms with Crippen molar-refractivity contribution in [2.75, 3.05) is 17.6 Å². The number of primary sulfonamides is 1. The Balaban J connectivity index is 2.17. The van der Waals surface area contributed by atoms with Gasteiger partial charge in [-0.1, -0.05) is 33.8 Å². The summed E-state index contributed by atoms with van der Waals surface area (Å²) in [6.45, 7) is 9.72. The summed E-state index contributed by atoms with van der Waals surface area (Å²) >= 11 is 0. The van der Waals surface area contributed by atoms with Gasteiger partial charge in [0, 0.05) is 6.54 Å². The molecule has 0 atom stereocenters. The Morgan fingerprint density at radius 1 is 1.20 bits per heavy atom. The van der Waals surface area contributed by atoms with E-state index in [9.17, 15) is 8.42 Å². The summed E-state index contributed by atoms with van der Waals surface area (Å²) < 4.78 is 22.9. The van der Waals surface area contributed by atoms with E-state index in [0.29, 0.717) is 11.6 Å². The maximum absolute atomic E-state index is 11.4. The molecule has 1 aromatic carbocycles. The van der Waals surface area contributed by atoms with E-state index in [1.165, 1.54) is 6.07 Å². The molecule has 6 heteroatoms. The van der Waals surface area contributed by atoms with Gasteiger partial charge >= 0.3 is 0 Å². The van der Waals surface area contributed by atoms with Gasteiger partial charge < -0.3 is 11.1 Å². The third-order valence-electron chi connectivity index (χ3n) is 5.19. The number of para-hydroxylation sites is 1. The predicted octanol–water partition coefficient (Wildman–Crippen LogP) is 2.01. The SMILES string of the molecule is CC1(C)C(CNc2cccc(S(N)(=O)=O)c2N)C1(C)C. The van der Waals surface area contributed by atoms with E-state index in [0.717, 1.165) is 6.54 Å². The number of anilines is 2. The fourth-order valence-corrected chi connectivity index (χ4v) is 3.69. The summed E-state index contributed by atoms with van der Waals surface area (Å²) in [6.07, 6.45) is 0. The van der Waals surface area contributed by atoms with Gasteiger partial charge in [-0.3, -0.25) is 0 Å². The van der Waals surface area contributed by atoms with E-state index in [4.69, 9.17) is 10.9 Å². The van der Waals surface area contributed by atoms with Gasteiger partial charge in [0.1, 0.15) is 4.90 Å². The molecule has 0 bridgehead atoms. The average Bonchev–Trinajstić information content (AvgIpc) is 2.67. The number of hydrogen-bond donors (Lipinski definition) is 3. The first kappa shape index (κ1) is 15.1. The molecule has 1 aliphatic carbocycles. The molecule has 0 radical (unpaired) electrons. The van der Waals surface area contributed by atoms with E-state index in [2.05, 4.69) is 33.0 Å². The van der Waals surface area contributed by atoms with Crippen molar-refractivity contribution in [3.05, 3.63) is 18.2 Å². The second-order valence-electron chi connectivity index (χ2n) is 6.64. The molecular formula is C14H23N3O2S. The van der Waals surface area contributed by atoms with Crippen LogP contribution in [0.5, 0.6) is 0 Å². The van der Waals surface area contributed by atoms with Crippen LogP contribution in [0, 0.1) is 16.7 Å². The molecule has 0 unspecified atom stereocenters. The minimum Gasteiger partial charge on any atom is -0.396 e. The molecule has 1 aliphatic rings. The third kappa shape index (κ3) is 2.27. The van der Waals surface area contributed by atoms with Crippen LogP contribution in [0.2, 0.25) is 0 Å². The zero-order chi connectivity index (χ0) is 15.3. The highest BCUT2D eigenvalue weighted by molar-refractivity contribution is 7.89. The topological polar surface area (TPSA) is 98.2 Å². The van der Waals surface area contributed by atoms with Gasteiger partial charge in [-0.05, 0) is 28.9 Å². The van der Waals surface area contributed by atoms with Crippen molar-refractivity contribution in [1.29, 1.82) is 0 Å². The molecular weight excluding hydrogens is 274 g/mol. The summed E-state index contributed by atoms with van der Waals surface area (Å²) in [5, 5.41) is 8.40. The van der Waals surface area contributed by atoms with Crippen molar-refractivity contribution in [1.82, 2.24) is 0 Å². The predicted molar refractivity (Wildman–Crippen MR) is 81.8 cm³/mol. The molecule has 112 valence electrons. The van der Waals surface area contributed by atoms with Crippen LogP contribution in [0.25, 0.3) is 0 Å². The molecule has 1 fully saturated rings. The molecule has 5 N–H and O–H groups in total. The second-order valence-corrected chi connectivity index (χ2v) is 8.17. The number of sulfonamides is 1. The summed E-state index contributed by atoms with van der Waals surface area (Å²) in [4.78, 5) is -0.0307. The third-order valence-corrected chi connectivity index (χ3v) is 6.16. The van der Waals surface area contributed by atoms with Crippen LogP contribution in [0.4, 0.5) is 11.4 Å². The summed E-state index contributed by atoms with van der Waals surface area (Å²) in [6, 6.07) is 4.83. The van der Waals surface area contributed by atoms with E-state index in [1.54, 1.807) is 12.1 Å². The number of hydrogen-bond acceptors (Lipinski definition) is 4. The van der Waals surface area contributed by atoms with Crippen LogP contribution in [-0.2, 0) is 10.0 Å². The lowest BCUT2D eigenvalue weighted by Crippen LogP contribution is -2.16. The summed E-state index contributed by atoms with van der Waals surface area (Å²) in [5.41, 5.74) is 7.24. The number of nitrogens with two attached hydrogens (primary N) is 2. The fraction of sp³-hybridized carbons (Fsp3) is 0.571. The molecule has 5 nitrogen and oxygen atoms in total. The van der Waals surface area contributed by atoms with Gasteiger partial charge in [-0.15, -0.1) is 0 Å². The molecule has 2 rings (SSSR count). The van der Waals surface area contributed by atoms with Crippen molar-refractivity contribution in [3.63, 3.8) is 0 Å². The monoisotopic (exact) mass is 297 g/mol. The van der Waals surface area contributed by atoms with Crippen LogP contribution in [0.1, 0.15) is 27.7 Å². The molecule has 1 saturated carbocycles. The van der Waals surface area contributed by atoms with Crippen molar-refractivity contribution in [2.45, 2.75) is 32.6 Å². The Labute approximate surface area is 120 Å². The van der Waals surface area contributed by atoms with Gasteiger partial charge in [0.25, 0.3) is 0 Å². The lowest BCUT2D eigenvalue weighted by Gasteiger charge is -2.12. The Bertz CT molecular complexity index is 622. The highest BCUT2D eigenvalue weighted by Gasteiger charge is 2.64. The number of rotatable bonds is 4. The standard InChI is InChI=1S/C14H23N3O2S/c1-13(2)11(14(13,3)4)8-17-9-6-5-7-10(12(9)15)20(16,18)19/h5-7,11,17H,8,15H2,1-4H3,(H2,16,18,19). The van der Waals surface area contributed by atoms with Gasteiger partial charge in [-0.2, -0.15) is 0 Å². The smallest absolute Gasteiger partial charge is 0.240 e. The van der Waals surface area contributed by atoms with E-state index >= 15 is 0 Å². The fourth-order valence-electron chi connectivity index (χ4n) is 3.00. The van der Waals surface area contributed by atoms with Crippen molar-refractivity contribution in [3.8, 4) is 0 Å². The zero-order valence-corrected chi connectivity index (χ0v) is 13.2. The molecule has 1 aromatic rings. The van der Waals surface area contributed by atoms with Gasteiger partial charge in [0.2, 0.25) is 10.0 Å². The Morgan fingerprint density at radius 3 is 2.20 bits per heavy atom. The van der Waals surface area contributed by atoms with Crippen LogP contribution in [0.15, 0.2) is 23.1 Å². The van der Waals surface area contributed by atoms with Gasteiger partial charge in [-0.25, -0.2) is 13.6 Å². The molecule has 0 aromatic heterocycles. The first-order chi connectivity index (χ1) is 8.99. The van der Waals surface area contributed by atoms with E-state index < -0.39 is 10.0 Å². The minimum absolute atomic E-state index is 0.0307. The molecule has 0 heterocycles. The lowest BCUT2D eigenvalue weighted by atomic mass is 10.0. The van der Waals surface area contributed by atoms with Gasteiger partial charge in [0.15, 0.2) is 0 Å². The first-order valence-corrected chi connectivity index (χ1v) is 8.19. The van der Waals surface area contributed by atoms with Crippen molar-refractivity contribution < 1.29 is 8.42 Å². The van der Waals surface area contributed by atoms with Crippen LogP contribution in [-0.4, -0.2) is 15.0 Å². The second kappa shape index (κ2) is 4.36. The van der Waals surface area contributed by atoms with Gasteiger partial charge in [0.05, 0.1) is 11.4 Å². The molecule has 0 amide bonds. The highest BCUT2D eigenvalue weighted by Crippen LogP contribution is 2.68. The average molecular weight is 297 g/mol. The normalized spacial score (nSPS) is 20.6. The molecule has 20 heavy (non-hydrogen) atoms. The first-order valence-electron chi connectivity index (χ1n) is 6.65. The Morgan fingerprint density at radius 2 is 1.75 bits per heavy atom. The van der Waals surface area contributed by atoms with Crippen LogP contribution >= 0.6 is 0 Å². The Kier molecular flexibility index (Phi) is 3.30. The van der Waals surface area contributed by atoms with Crippen molar-refractivity contribution in [2.24, 2.45) is 21.9 Å². The largest absolute Gasteiger partial charge is 0.396 e. The quantitative estimate of drug-likeness (QED) is 0.740. The molecule has 0 saturated heterocycles. The summed E-state index contributed by atoms with van der Waals surface area (Å²) in [5.74, 6) is 0.521. The molecule has 0 spiro atoms.